The first-order chi connectivity index (χ1) is 12.0. The zero-order chi connectivity index (χ0) is 19.4. The van der Waals surface area contributed by atoms with Gasteiger partial charge in [-0.25, -0.2) is 4.79 Å². The molecule has 1 amide bonds. The van der Waals surface area contributed by atoms with E-state index in [2.05, 4.69) is 0 Å². The first-order valence-corrected chi connectivity index (χ1v) is 10.3. The Morgan fingerprint density at radius 2 is 1.88 bits per heavy atom. The Bertz CT molecular complexity index is 698. The number of likely N-dealkylation sites (tertiary alicyclic amines) is 1. The summed E-state index contributed by atoms with van der Waals surface area (Å²) in [5.41, 5.74) is 0.517. The molecule has 0 spiro atoms. The van der Waals surface area contributed by atoms with E-state index in [0.29, 0.717) is 13.0 Å². The third-order valence-corrected chi connectivity index (χ3v) is 4.37. The highest BCUT2D eigenvalue weighted by Gasteiger charge is 2.39. The molecule has 0 radical (unpaired) electrons. The van der Waals surface area contributed by atoms with Gasteiger partial charge in [0.2, 0.25) is 0 Å². The van der Waals surface area contributed by atoms with Gasteiger partial charge >= 0.3 is 6.09 Å². The van der Waals surface area contributed by atoms with Gasteiger partial charge in [-0.15, -0.1) is 0 Å². The molecule has 7 nitrogen and oxygen atoms in total. The quantitative estimate of drug-likeness (QED) is 0.700. The molecule has 0 bridgehead atoms. The van der Waals surface area contributed by atoms with Gasteiger partial charge in [0.05, 0.1) is 37.2 Å². The largest absolute Gasteiger partial charge is 0.445 e. The van der Waals surface area contributed by atoms with Gasteiger partial charge < -0.3 is 14.4 Å². The van der Waals surface area contributed by atoms with Gasteiger partial charge in [-0.1, -0.05) is 30.3 Å². The van der Waals surface area contributed by atoms with Crippen LogP contribution in [0.2, 0.25) is 0 Å². The number of ether oxygens (including phenoxy) is 2. The molecule has 2 unspecified atom stereocenters. The highest BCUT2D eigenvalue weighted by atomic mass is 32.2. The molecule has 0 N–H and O–H groups in total. The van der Waals surface area contributed by atoms with Crippen LogP contribution in [0, 0.1) is 0 Å². The van der Waals surface area contributed by atoms with Crippen molar-refractivity contribution in [3.63, 3.8) is 0 Å². The maximum absolute atomic E-state index is 12.5. The zero-order valence-electron chi connectivity index (χ0n) is 15.7. The van der Waals surface area contributed by atoms with Gasteiger partial charge in [0.25, 0.3) is 10.1 Å². The molecule has 2 rings (SSSR count). The summed E-state index contributed by atoms with van der Waals surface area (Å²) in [5, 5.41) is 0. The van der Waals surface area contributed by atoms with Crippen LogP contribution >= 0.6 is 0 Å². The SMILES string of the molecule is CC(C)(C)OC1CC(COS(C)(=O)=O)N(C(=O)OCc2ccccc2)C1. The van der Waals surface area contributed by atoms with Gasteiger partial charge in [-0.05, 0) is 32.8 Å². The molecule has 26 heavy (non-hydrogen) atoms. The number of rotatable bonds is 6. The predicted octanol–water partition coefficient (Wildman–Crippen LogP) is 2.56. The average Bonchev–Trinajstić information content (AvgIpc) is 2.92. The molecule has 0 aromatic heterocycles. The third-order valence-electron chi connectivity index (χ3n) is 3.81. The summed E-state index contributed by atoms with van der Waals surface area (Å²) >= 11 is 0. The molecule has 8 heteroatoms. The van der Waals surface area contributed by atoms with E-state index in [-0.39, 0.29) is 24.9 Å². The summed E-state index contributed by atoms with van der Waals surface area (Å²) < 4.78 is 38.8. The molecule has 0 saturated carbocycles. The van der Waals surface area contributed by atoms with Crippen molar-refractivity contribution in [3.8, 4) is 0 Å². The van der Waals surface area contributed by atoms with E-state index in [9.17, 15) is 13.2 Å². The van der Waals surface area contributed by atoms with Crippen LogP contribution in [0.4, 0.5) is 4.79 Å². The molecular weight excluding hydrogens is 358 g/mol. The molecule has 146 valence electrons. The smallest absolute Gasteiger partial charge is 0.410 e. The topological polar surface area (TPSA) is 82.1 Å². The highest BCUT2D eigenvalue weighted by molar-refractivity contribution is 7.85. The van der Waals surface area contributed by atoms with Crippen LogP contribution < -0.4 is 0 Å². The highest BCUT2D eigenvalue weighted by Crippen LogP contribution is 2.26. The van der Waals surface area contributed by atoms with E-state index in [1.165, 1.54) is 4.90 Å². The van der Waals surface area contributed by atoms with E-state index >= 15 is 0 Å². The van der Waals surface area contributed by atoms with Crippen LogP contribution in [0.25, 0.3) is 0 Å². The fraction of sp³-hybridized carbons (Fsp3) is 0.611. The molecule has 1 fully saturated rings. The summed E-state index contributed by atoms with van der Waals surface area (Å²) in [6.45, 7) is 6.19. The second-order valence-electron chi connectivity index (χ2n) is 7.42. The van der Waals surface area contributed by atoms with Crippen molar-refractivity contribution in [1.29, 1.82) is 0 Å². The second kappa shape index (κ2) is 8.37. The predicted molar refractivity (Wildman–Crippen MR) is 97.2 cm³/mol. The Kier molecular flexibility index (Phi) is 6.65. The lowest BCUT2D eigenvalue weighted by Gasteiger charge is -2.25. The van der Waals surface area contributed by atoms with Crippen LogP contribution in [-0.2, 0) is 30.4 Å². The van der Waals surface area contributed by atoms with Crippen molar-refractivity contribution in [2.75, 3.05) is 19.4 Å². The first-order valence-electron chi connectivity index (χ1n) is 8.53. The monoisotopic (exact) mass is 385 g/mol. The van der Waals surface area contributed by atoms with Crippen molar-refractivity contribution < 1.29 is 26.9 Å². The maximum Gasteiger partial charge on any atom is 0.410 e. The Hall–Kier alpha value is -1.64. The van der Waals surface area contributed by atoms with Gasteiger partial charge in [-0.2, -0.15) is 8.42 Å². The minimum absolute atomic E-state index is 0.108. The van der Waals surface area contributed by atoms with Crippen molar-refractivity contribution in [3.05, 3.63) is 35.9 Å². The van der Waals surface area contributed by atoms with Crippen LogP contribution in [0.15, 0.2) is 30.3 Å². The van der Waals surface area contributed by atoms with E-state index in [1.54, 1.807) is 0 Å². The molecule has 1 aromatic carbocycles. The van der Waals surface area contributed by atoms with Crippen LogP contribution in [0.3, 0.4) is 0 Å². The lowest BCUT2D eigenvalue weighted by Crippen LogP contribution is -2.39. The van der Waals surface area contributed by atoms with Gasteiger partial charge in [0.1, 0.15) is 6.61 Å². The fourth-order valence-corrected chi connectivity index (χ4v) is 3.25. The fourth-order valence-electron chi connectivity index (χ4n) is 2.85. The number of carbonyl (C=O) groups excluding carboxylic acids is 1. The average molecular weight is 385 g/mol. The molecule has 1 saturated heterocycles. The number of hydrogen-bond donors (Lipinski definition) is 0. The normalized spacial score (nSPS) is 21.0. The molecule has 0 aliphatic carbocycles. The molecule has 2 atom stereocenters. The Morgan fingerprint density at radius 3 is 2.46 bits per heavy atom. The third kappa shape index (κ3) is 6.93. The Balaban J connectivity index is 2.01. The number of benzene rings is 1. The first kappa shape index (κ1) is 20.7. The van der Waals surface area contributed by atoms with E-state index in [0.717, 1.165) is 11.8 Å². The lowest BCUT2D eigenvalue weighted by molar-refractivity contribution is -0.0540. The lowest BCUT2D eigenvalue weighted by atomic mass is 10.1. The molecule has 1 aliphatic rings. The summed E-state index contributed by atoms with van der Waals surface area (Å²) in [5.74, 6) is 0. The van der Waals surface area contributed by atoms with Crippen LogP contribution in [0.5, 0.6) is 0 Å². The Labute approximate surface area is 155 Å². The Morgan fingerprint density at radius 1 is 1.23 bits per heavy atom. The second-order valence-corrected chi connectivity index (χ2v) is 9.07. The summed E-state index contributed by atoms with van der Waals surface area (Å²) in [6.07, 6.45) is 0.777. The summed E-state index contributed by atoms with van der Waals surface area (Å²) in [6, 6.07) is 8.95. The maximum atomic E-state index is 12.5. The standard InChI is InChI=1S/C18H27NO6S/c1-18(2,3)25-16-10-15(13-24-26(4,21)22)19(11-16)17(20)23-12-14-8-6-5-7-9-14/h5-9,15-16H,10-13H2,1-4H3. The van der Waals surface area contributed by atoms with E-state index in [1.807, 2.05) is 51.1 Å². The van der Waals surface area contributed by atoms with Gasteiger partial charge in [0, 0.05) is 0 Å². The minimum atomic E-state index is -3.59. The van der Waals surface area contributed by atoms with Crippen molar-refractivity contribution in [2.24, 2.45) is 0 Å². The number of nitrogens with zero attached hydrogens (tertiary/aromatic N) is 1. The van der Waals surface area contributed by atoms with Crippen molar-refractivity contribution in [1.82, 2.24) is 4.90 Å². The van der Waals surface area contributed by atoms with Crippen molar-refractivity contribution >= 4 is 16.2 Å². The van der Waals surface area contributed by atoms with E-state index < -0.39 is 22.3 Å². The van der Waals surface area contributed by atoms with Gasteiger partial charge in [0.15, 0.2) is 0 Å². The summed E-state index contributed by atoms with van der Waals surface area (Å²) in [4.78, 5) is 14.0. The van der Waals surface area contributed by atoms with Crippen LogP contribution in [0.1, 0.15) is 32.8 Å². The molecule has 1 aromatic rings. The van der Waals surface area contributed by atoms with Crippen LogP contribution in [-0.4, -0.2) is 56.6 Å². The van der Waals surface area contributed by atoms with Crippen molar-refractivity contribution in [2.45, 2.75) is 51.5 Å². The number of carbonyl (C=O) groups is 1. The summed E-state index contributed by atoms with van der Waals surface area (Å²) in [7, 11) is -3.59. The number of amides is 1. The molecule has 1 aliphatic heterocycles. The zero-order valence-corrected chi connectivity index (χ0v) is 16.5. The minimum Gasteiger partial charge on any atom is -0.445 e. The van der Waals surface area contributed by atoms with E-state index in [4.69, 9.17) is 13.7 Å². The molecule has 1 heterocycles. The van der Waals surface area contributed by atoms with Gasteiger partial charge in [-0.3, -0.25) is 4.18 Å². The molecular formula is C18H27NO6S. The number of hydrogen-bond acceptors (Lipinski definition) is 6.